The Morgan fingerprint density at radius 3 is 2.79 bits per heavy atom. The van der Waals surface area contributed by atoms with Gasteiger partial charge in [0.2, 0.25) is 0 Å². The Morgan fingerprint density at radius 2 is 1.94 bits per heavy atom. The average Bonchev–Trinajstić information content (AvgIpc) is 3.59. The summed E-state index contributed by atoms with van der Waals surface area (Å²) < 4.78 is 10.0. The van der Waals surface area contributed by atoms with Crippen LogP contribution in [0.3, 0.4) is 0 Å². The highest BCUT2D eigenvalue weighted by Crippen LogP contribution is 2.29. The van der Waals surface area contributed by atoms with Gasteiger partial charge >= 0.3 is 0 Å². The minimum atomic E-state index is 0.0734. The van der Waals surface area contributed by atoms with Crippen LogP contribution < -0.4 is 0 Å². The summed E-state index contributed by atoms with van der Waals surface area (Å²) in [6, 6.07) is 17.9. The van der Waals surface area contributed by atoms with Gasteiger partial charge in [-0.3, -0.25) is 9.58 Å². The van der Waals surface area contributed by atoms with Crippen LogP contribution in [0.5, 0.6) is 0 Å². The van der Waals surface area contributed by atoms with Crippen LogP contribution in [0, 0.1) is 5.92 Å². The second-order valence-electron chi connectivity index (χ2n) is 10.0. The first-order valence-corrected chi connectivity index (χ1v) is 12.6. The second kappa shape index (κ2) is 9.35. The third-order valence-electron chi connectivity index (χ3n) is 7.40. The largest absolute Gasteiger partial charge is 0.357 e. The summed E-state index contributed by atoms with van der Waals surface area (Å²) in [5.74, 6) is 0.626. The molecule has 6 rings (SSSR count). The van der Waals surface area contributed by atoms with Crippen molar-refractivity contribution < 1.29 is 4.74 Å². The molecule has 0 aliphatic carbocycles. The maximum Gasteiger partial charge on any atom is 0.150 e. The zero-order valence-corrected chi connectivity index (χ0v) is 19.9. The van der Waals surface area contributed by atoms with Crippen LogP contribution in [-0.4, -0.2) is 43.7 Å². The number of rotatable bonds is 6. The summed E-state index contributed by atoms with van der Waals surface area (Å²) in [4.78, 5) is 2.61. The maximum absolute atomic E-state index is 5.88. The predicted octanol–water partition coefficient (Wildman–Crippen LogP) is 5.51. The Kier molecular flexibility index (Phi) is 5.93. The van der Waals surface area contributed by atoms with Gasteiger partial charge in [0.05, 0.1) is 11.7 Å². The van der Waals surface area contributed by atoms with Gasteiger partial charge in [0.1, 0.15) is 6.23 Å². The van der Waals surface area contributed by atoms with Crippen LogP contribution in [-0.2, 0) is 17.8 Å². The molecule has 0 bridgehead atoms. The fourth-order valence-electron chi connectivity index (χ4n) is 5.58. The van der Waals surface area contributed by atoms with Crippen LogP contribution in [0.25, 0.3) is 22.0 Å². The van der Waals surface area contributed by atoms with Gasteiger partial charge < -0.3 is 4.74 Å². The minimum Gasteiger partial charge on any atom is -0.357 e. The summed E-state index contributed by atoms with van der Waals surface area (Å²) in [6.07, 6.45) is 11.0. The number of fused-ring (bicyclic) bond motifs is 1. The van der Waals surface area contributed by atoms with E-state index in [2.05, 4.69) is 82.5 Å². The van der Waals surface area contributed by atoms with E-state index >= 15 is 0 Å². The molecule has 34 heavy (non-hydrogen) atoms. The van der Waals surface area contributed by atoms with Crippen molar-refractivity contribution in [3.05, 3.63) is 72.7 Å². The van der Waals surface area contributed by atoms with Crippen molar-refractivity contribution >= 4 is 10.9 Å². The molecule has 4 aromatic rings. The molecule has 6 nitrogen and oxygen atoms in total. The Balaban J connectivity index is 1.14. The van der Waals surface area contributed by atoms with E-state index in [1.807, 2.05) is 10.9 Å². The predicted molar refractivity (Wildman–Crippen MR) is 134 cm³/mol. The molecule has 2 aromatic carbocycles. The fourth-order valence-corrected chi connectivity index (χ4v) is 5.58. The van der Waals surface area contributed by atoms with Crippen molar-refractivity contribution in [3.8, 4) is 11.1 Å². The lowest BCUT2D eigenvalue weighted by Crippen LogP contribution is -2.26. The zero-order chi connectivity index (χ0) is 22.9. The number of benzene rings is 2. The highest BCUT2D eigenvalue weighted by atomic mass is 16.5. The van der Waals surface area contributed by atoms with E-state index in [9.17, 15) is 0 Å². The summed E-state index contributed by atoms with van der Waals surface area (Å²) in [6.45, 7) is 6.31. The lowest BCUT2D eigenvalue weighted by molar-refractivity contribution is -0.0394. The van der Waals surface area contributed by atoms with Crippen molar-refractivity contribution in [3.63, 3.8) is 0 Å². The summed E-state index contributed by atoms with van der Waals surface area (Å²) in [5, 5.41) is 10.6. The standard InChI is InChI=1S/C28H33N5O/c1-21-13-23(17-31(21)16-22-7-3-2-4-8-22)18-32-19-25-14-24(10-11-27(25)30-32)26-15-29-33(20-26)28-9-5-6-12-34-28/h2-4,7-8,10-11,14-15,19-21,23,28H,5-6,9,12-13,16-18H2,1H3. The molecular formula is C28H33N5O. The molecule has 3 atom stereocenters. The molecule has 0 saturated carbocycles. The topological polar surface area (TPSA) is 48.1 Å². The Labute approximate surface area is 201 Å². The molecule has 0 radical (unpaired) electrons. The molecular weight excluding hydrogens is 422 g/mol. The van der Waals surface area contributed by atoms with Crippen molar-refractivity contribution in [1.29, 1.82) is 0 Å². The lowest BCUT2D eigenvalue weighted by Gasteiger charge is -2.22. The normalized spacial score (nSPS) is 23.6. The van der Waals surface area contributed by atoms with Gasteiger partial charge in [-0.05, 0) is 61.8 Å². The number of hydrogen-bond acceptors (Lipinski definition) is 4. The minimum absolute atomic E-state index is 0.0734. The fraction of sp³-hybridized carbons (Fsp3) is 0.429. The molecule has 0 spiro atoms. The molecule has 2 aromatic heterocycles. The van der Waals surface area contributed by atoms with Crippen LogP contribution in [0.4, 0.5) is 0 Å². The lowest BCUT2D eigenvalue weighted by atomic mass is 10.1. The van der Waals surface area contributed by atoms with Gasteiger partial charge in [-0.25, -0.2) is 4.68 Å². The van der Waals surface area contributed by atoms with E-state index in [1.54, 1.807) is 0 Å². The van der Waals surface area contributed by atoms with E-state index < -0.39 is 0 Å². The summed E-state index contributed by atoms with van der Waals surface area (Å²) >= 11 is 0. The van der Waals surface area contributed by atoms with Gasteiger partial charge in [0, 0.05) is 55.6 Å². The molecule has 2 saturated heterocycles. The number of aromatic nitrogens is 4. The van der Waals surface area contributed by atoms with E-state index in [-0.39, 0.29) is 6.23 Å². The third-order valence-corrected chi connectivity index (χ3v) is 7.40. The summed E-state index contributed by atoms with van der Waals surface area (Å²) in [5.41, 5.74) is 4.76. The van der Waals surface area contributed by atoms with Crippen LogP contribution >= 0.6 is 0 Å². The van der Waals surface area contributed by atoms with E-state index in [0.717, 1.165) is 50.2 Å². The average molecular weight is 456 g/mol. The molecule has 2 aliphatic rings. The Bertz CT molecular complexity index is 1240. The van der Waals surface area contributed by atoms with Crippen molar-refractivity contribution in [2.45, 2.75) is 58.0 Å². The van der Waals surface area contributed by atoms with Gasteiger partial charge in [0.25, 0.3) is 0 Å². The molecule has 176 valence electrons. The molecule has 2 aliphatic heterocycles. The Hall–Kier alpha value is -2.96. The van der Waals surface area contributed by atoms with E-state index in [0.29, 0.717) is 12.0 Å². The SMILES string of the molecule is CC1CC(Cn2cc3cc(-c4cnn(C5CCCCO5)c4)ccc3n2)CN1Cc1ccccc1. The van der Waals surface area contributed by atoms with Gasteiger partial charge in [0.15, 0.2) is 0 Å². The quantitative estimate of drug-likeness (QED) is 0.385. The van der Waals surface area contributed by atoms with E-state index in [1.165, 1.54) is 29.4 Å². The van der Waals surface area contributed by atoms with Crippen LogP contribution in [0.2, 0.25) is 0 Å². The number of nitrogens with zero attached hydrogens (tertiary/aromatic N) is 5. The molecule has 0 N–H and O–H groups in total. The van der Waals surface area contributed by atoms with Crippen LogP contribution in [0.1, 0.15) is 44.4 Å². The Morgan fingerprint density at radius 1 is 1.03 bits per heavy atom. The monoisotopic (exact) mass is 455 g/mol. The smallest absolute Gasteiger partial charge is 0.150 e. The zero-order valence-electron chi connectivity index (χ0n) is 19.9. The van der Waals surface area contributed by atoms with Gasteiger partial charge in [-0.1, -0.05) is 36.4 Å². The molecule has 2 fully saturated rings. The van der Waals surface area contributed by atoms with Crippen LogP contribution in [0.15, 0.2) is 67.1 Å². The van der Waals surface area contributed by atoms with Crippen molar-refractivity contribution in [2.24, 2.45) is 5.92 Å². The van der Waals surface area contributed by atoms with E-state index in [4.69, 9.17) is 9.84 Å². The molecule has 6 heteroatoms. The van der Waals surface area contributed by atoms with Gasteiger partial charge in [-0.15, -0.1) is 0 Å². The third kappa shape index (κ3) is 4.52. The number of likely N-dealkylation sites (tertiary alicyclic amines) is 1. The molecule has 4 heterocycles. The first kappa shape index (κ1) is 21.6. The van der Waals surface area contributed by atoms with Gasteiger partial charge in [-0.2, -0.15) is 10.2 Å². The van der Waals surface area contributed by atoms with Crippen molar-refractivity contribution in [1.82, 2.24) is 24.5 Å². The maximum atomic E-state index is 5.88. The highest BCUT2D eigenvalue weighted by molar-refractivity contribution is 5.83. The van der Waals surface area contributed by atoms with Crippen molar-refractivity contribution in [2.75, 3.05) is 13.2 Å². The first-order valence-electron chi connectivity index (χ1n) is 12.6. The highest BCUT2D eigenvalue weighted by Gasteiger charge is 2.29. The summed E-state index contributed by atoms with van der Waals surface area (Å²) in [7, 11) is 0. The number of hydrogen-bond donors (Lipinski definition) is 0. The molecule has 3 unspecified atom stereocenters. The first-order chi connectivity index (χ1) is 16.7. The molecule has 0 amide bonds. The number of ether oxygens (including phenoxy) is 1. The second-order valence-corrected chi connectivity index (χ2v) is 10.0.